The molecule has 1 unspecified atom stereocenters. The quantitative estimate of drug-likeness (QED) is 0.725. The molecule has 6 atom stereocenters. The maximum absolute atomic E-state index is 11.9. The van der Waals surface area contributed by atoms with Gasteiger partial charge in [0, 0.05) is 31.0 Å². The molecule has 2 aliphatic heterocycles. The van der Waals surface area contributed by atoms with Crippen LogP contribution in [-0.2, 0) is 4.79 Å². The van der Waals surface area contributed by atoms with E-state index in [0.29, 0.717) is 17.9 Å². The molecular formula is C18H29NO. The summed E-state index contributed by atoms with van der Waals surface area (Å²) in [5, 5.41) is 0. The van der Waals surface area contributed by atoms with Gasteiger partial charge in [0.2, 0.25) is 0 Å². The Kier molecular flexibility index (Phi) is 3.41. The van der Waals surface area contributed by atoms with Gasteiger partial charge in [0.1, 0.15) is 5.78 Å². The first kappa shape index (κ1) is 13.3. The van der Waals surface area contributed by atoms with E-state index in [4.69, 9.17) is 0 Å². The fourth-order valence-corrected chi connectivity index (χ4v) is 6.20. The van der Waals surface area contributed by atoms with Crippen LogP contribution in [0.25, 0.3) is 0 Å². The van der Waals surface area contributed by atoms with E-state index in [1.54, 1.807) is 0 Å². The highest BCUT2D eigenvalue weighted by Gasteiger charge is 2.44. The Hall–Kier alpha value is -0.370. The number of carbonyl (C=O) groups excluding carboxylic acids is 1. The number of nitrogens with zero attached hydrogens (tertiary/aromatic N) is 1. The monoisotopic (exact) mass is 275 g/mol. The Morgan fingerprint density at radius 2 is 1.45 bits per heavy atom. The lowest BCUT2D eigenvalue weighted by molar-refractivity contribution is -0.130. The highest BCUT2D eigenvalue weighted by Crippen LogP contribution is 2.46. The Labute approximate surface area is 123 Å². The number of carbonyl (C=O) groups is 1. The molecule has 2 nitrogen and oxygen atoms in total. The molecule has 0 N–H and O–H groups in total. The molecule has 4 fully saturated rings. The molecule has 2 heterocycles. The molecule has 0 amide bonds. The molecule has 2 saturated heterocycles. The summed E-state index contributed by atoms with van der Waals surface area (Å²) < 4.78 is 0. The van der Waals surface area contributed by atoms with Gasteiger partial charge in [0.05, 0.1) is 0 Å². The van der Waals surface area contributed by atoms with Gasteiger partial charge in [-0.15, -0.1) is 0 Å². The van der Waals surface area contributed by atoms with Crippen LogP contribution >= 0.6 is 0 Å². The van der Waals surface area contributed by atoms with E-state index in [1.165, 1.54) is 51.4 Å². The first-order valence-corrected chi connectivity index (χ1v) is 8.98. The third-order valence-electron chi connectivity index (χ3n) is 6.62. The minimum Gasteiger partial charge on any atom is -0.300 e. The highest BCUT2D eigenvalue weighted by atomic mass is 16.1. The summed E-state index contributed by atoms with van der Waals surface area (Å²) in [5.74, 6) is 3.48. The number of rotatable bonds is 1. The Bertz CT molecular complexity index is 359. The van der Waals surface area contributed by atoms with Crippen molar-refractivity contribution in [1.29, 1.82) is 0 Å². The van der Waals surface area contributed by atoms with Crippen LogP contribution in [0.5, 0.6) is 0 Å². The minimum absolute atomic E-state index is 0.542. The molecule has 0 radical (unpaired) electrons. The molecule has 0 aromatic heterocycles. The van der Waals surface area contributed by atoms with Crippen LogP contribution in [0, 0.1) is 17.8 Å². The lowest BCUT2D eigenvalue weighted by Gasteiger charge is -2.53. The van der Waals surface area contributed by atoms with Crippen LogP contribution in [0.1, 0.15) is 71.1 Å². The average molecular weight is 275 g/mol. The summed E-state index contributed by atoms with van der Waals surface area (Å²) in [4.78, 5) is 14.8. The fourth-order valence-electron chi connectivity index (χ4n) is 6.20. The van der Waals surface area contributed by atoms with Crippen LogP contribution in [0.4, 0.5) is 0 Å². The van der Waals surface area contributed by atoms with Gasteiger partial charge in [-0.1, -0.05) is 13.3 Å². The Morgan fingerprint density at radius 1 is 0.850 bits per heavy atom. The molecule has 4 aliphatic rings. The van der Waals surface area contributed by atoms with Gasteiger partial charge in [0.15, 0.2) is 0 Å². The van der Waals surface area contributed by atoms with E-state index < -0.39 is 0 Å². The minimum atomic E-state index is 0.542. The summed E-state index contributed by atoms with van der Waals surface area (Å²) in [6, 6.07) is 2.03. The van der Waals surface area contributed by atoms with Crippen molar-refractivity contribution in [3.8, 4) is 0 Å². The largest absolute Gasteiger partial charge is 0.300 e. The van der Waals surface area contributed by atoms with Crippen LogP contribution in [-0.4, -0.2) is 28.8 Å². The average Bonchev–Trinajstić information content (AvgIpc) is 2.35. The maximum Gasteiger partial charge on any atom is 0.136 e. The van der Waals surface area contributed by atoms with Crippen molar-refractivity contribution in [3.63, 3.8) is 0 Å². The summed E-state index contributed by atoms with van der Waals surface area (Å²) in [6.07, 6.45) is 12.9. The Morgan fingerprint density at radius 3 is 2.05 bits per heavy atom. The van der Waals surface area contributed by atoms with E-state index in [0.717, 1.165) is 36.6 Å². The van der Waals surface area contributed by atoms with Crippen molar-refractivity contribution >= 4 is 5.78 Å². The van der Waals surface area contributed by atoms with Crippen molar-refractivity contribution < 1.29 is 4.79 Å². The zero-order chi connectivity index (χ0) is 13.7. The molecule has 4 rings (SSSR count). The normalized spacial score (nSPS) is 49.1. The SMILES string of the molecule is CC1C[C@@H]2C[C@H](C1)C[C@@H](N1[C@@H]3CCC[C@H]1CC(=O)C3)C2. The molecule has 2 aliphatic carbocycles. The lowest BCUT2D eigenvalue weighted by atomic mass is 9.65. The van der Waals surface area contributed by atoms with E-state index in [2.05, 4.69) is 11.8 Å². The molecular weight excluding hydrogens is 246 g/mol. The fraction of sp³-hybridized carbons (Fsp3) is 0.944. The lowest BCUT2D eigenvalue weighted by Crippen LogP contribution is -2.58. The number of hydrogen-bond donors (Lipinski definition) is 0. The molecule has 0 aromatic carbocycles. The first-order valence-electron chi connectivity index (χ1n) is 8.98. The van der Waals surface area contributed by atoms with Crippen LogP contribution < -0.4 is 0 Å². The summed E-state index contributed by atoms with van der Waals surface area (Å²) in [7, 11) is 0. The first-order chi connectivity index (χ1) is 9.69. The zero-order valence-electron chi connectivity index (χ0n) is 12.9. The second kappa shape index (κ2) is 5.12. The smallest absolute Gasteiger partial charge is 0.136 e. The van der Waals surface area contributed by atoms with Gasteiger partial charge in [-0.25, -0.2) is 0 Å². The summed E-state index contributed by atoms with van der Waals surface area (Å²) in [5.41, 5.74) is 0. The molecule has 20 heavy (non-hydrogen) atoms. The summed E-state index contributed by atoms with van der Waals surface area (Å²) in [6.45, 7) is 2.45. The van der Waals surface area contributed by atoms with E-state index in [9.17, 15) is 4.79 Å². The molecule has 112 valence electrons. The van der Waals surface area contributed by atoms with Crippen molar-refractivity contribution in [2.24, 2.45) is 17.8 Å². The van der Waals surface area contributed by atoms with Crippen LogP contribution in [0.15, 0.2) is 0 Å². The van der Waals surface area contributed by atoms with Gasteiger partial charge in [-0.05, 0) is 62.7 Å². The Balaban J connectivity index is 1.51. The number of Topliss-reactive ketones (excluding diaryl/α,β-unsaturated/α-hetero) is 1. The maximum atomic E-state index is 11.9. The molecule has 2 saturated carbocycles. The predicted octanol–water partition coefficient (Wildman–Crippen LogP) is 3.79. The molecule has 0 spiro atoms. The van der Waals surface area contributed by atoms with Crippen molar-refractivity contribution in [2.75, 3.05) is 0 Å². The molecule has 0 aromatic rings. The standard InChI is InChI=1S/C18H29NO/c1-12-5-13-7-14(6-12)9-17(8-13)19-15-3-2-4-16(19)11-18(20)10-15/h12-17H,2-11H2,1H3/t12?,13-,14+,15-,16+,17+. The van der Waals surface area contributed by atoms with Crippen LogP contribution in [0.3, 0.4) is 0 Å². The number of fused-ring (bicyclic) bond motifs is 4. The second-order valence-electron chi connectivity index (χ2n) is 8.30. The second-order valence-corrected chi connectivity index (χ2v) is 8.30. The van der Waals surface area contributed by atoms with Crippen molar-refractivity contribution in [2.45, 2.75) is 89.3 Å². The van der Waals surface area contributed by atoms with Gasteiger partial charge in [-0.3, -0.25) is 9.69 Å². The third kappa shape index (κ3) is 2.34. The van der Waals surface area contributed by atoms with Gasteiger partial charge >= 0.3 is 0 Å². The number of hydrogen-bond acceptors (Lipinski definition) is 2. The van der Waals surface area contributed by atoms with Gasteiger partial charge in [0.25, 0.3) is 0 Å². The van der Waals surface area contributed by atoms with Crippen molar-refractivity contribution in [3.05, 3.63) is 0 Å². The van der Waals surface area contributed by atoms with Gasteiger partial charge < -0.3 is 0 Å². The van der Waals surface area contributed by atoms with Gasteiger partial charge in [-0.2, -0.15) is 0 Å². The highest BCUT2D eigenvalue weighted by molar-refractivity contribution is 5.80. The predicted molar refractivity (Wildman–Crippen MR) is 80.5 cm³/mol. The molecule has 4 bridgehead atoms. The zero-order valence-corrected chi connectivity index (χ0v) is 12.9. The van der Waals surface area contributed by atoms with Crippen LogP contribution in [0.2, 0.25) is 0 Å². The summed E-state index contributed by atoms with van der Waals surface area (Å²) >= 11 is 0. The number of piperidine rings is 2. The van der Waals surface area contributed by atoms with Crippen molar-refractivity contribution in [1.82, 2.24) is 4.90 Å². The van der Waals surface area contributed by atoms with E-state index >= 15 is 0 Å². The van der Waals surface area contributed by atoms with E-state index in [-0.39, 0.29) is 0 Å². The topological polar surface area (TPSA) is 20.3 Å². The molecule has 2 heteroatoms. The van der Waals surface area contributed by atoms with E-state index in [1.807, 2.05) is 0 Å². The number of ketones is 1. The third-order valence-corrected chi connectivity index (χ3v) is 6.62.